The van der Waals surface area contributed by atoms with Gasteiger partial charge in [0.05, 0.1) is 17.1 Å². The van der Waals surface area contributed by atoms with Crippen molar-refractivity contribution in [1.29, 1.82) is 0 Å². The fourth-order valence-corrected chi connectivity index (χ4v) is 3.44. The second-order valence-corrected chi connectivity index (χ2v) is 6.92. The highest BCUT2D eigenvalue weighted by atomic mass is 79.9. The van der Waals surface area contributed by atoms with E-state index in [0.717, 1.165) is 0 Å². The third kappa shape index (κ3) is 5.10. The second-order valence-electron chi connectivity index (χ2n) is 4.05. The zero-order valence-corrected chi connectivity index (χ0v) is 13.5. The Balaban J connectivity index is 3.00. The van der Waals surface area contributed by atoms with Gasteiger partial charge < -0.3 is 15.2 Å². The molecular formula is C12H14BrNO6S. The summed E-state index contributed by atoms with van der Waals surface area (Å²) >= 11 is 3.08. The predicted octanol–water partition coefficient (Wildman–Crippen LogP) is 0.684. The van der Waals surface area contributed by atoms with Crippen LogP contribution < -0.4 is 5.32 Å². The van der Waals surface area contributed by atoms with Crippen molar-refractivity contribution in [2.24, 2.45) is 0 Å². The van der Waals surface area contributed by atoms with Crippen molar-refractivity contribution in [1.82, 2.24) is 5.32 Å². The molecule has 1 rings (SSSR count). The van der Waals surface area contributed by atoms with Crippen LogP contribution in [0.25, 0.3) is 0 Å². The molecule has 2 N–H and O–H groups in total. The molecule has 21 heavy (non-hydrogen) atoms. The molecule has 0 fully saturated rings. The molecule has 7 nitrogen and oxygen atoms in total. The van der Waals surface area contributed by atoms with E-state index in [1.807, 2.05) is 0 Å². The summed E-state index contributed by atoms with van der Waals surface area (Å²) < 4.78 is 29.5. The highest BCUT2D eigenvalue weighted by Crippen LogP contribution is 2.22. The lowest BCUT2D eigenvalue weighted by atomic mass is 10.2. The number of ether oxygens (including phenoxy) is 1. The Kier molecular flexibility index (Phi) is 6.31. The van der Waals surface area contributed by atoms with Crippen molar-refractivity contribution in [3.63, 3.8) is 0 Å². The minimum absolute atomic E-state index is 0.176. The minimum atomic E-state index is -4.06. The number of sulfone groups is 1. The SMILES string of the molecule is COCCNC(=O)CS(=O)(=O)c1cc(Br)ccc1C(=O)O. The Bertz CT molecular complexity index is 643. The summed E-state index contributed by atoms with van der Waals surface area (Å²) in [5, 5.41) is 11.4. The summed E-state index contributed by atoms with van der Waals surface area (Å²) in [6.07, 6.45) is 0. The summed E-state index contributed by atoms with van der Waals surface area (Å²) in [5.41, 5.74) is -0.372. The van der Waals surface area contributed by atoms with Gasteiger partial charge in [-0.25, -0.2) is 13.2 Å². The highest BCUT2D eigenvalue weighted by Gasteiger charge is 2.25. The molecule has 1 amide bonds. The molecule has 0 saturated heterocycles. The van der Waals surface area contributed by atoms with E-state index in [0.29, 0.717) is 4.47 Å². The van der Waals surface area contributed by atoms with Crippen molar-refractivity contribution in [2.45, 2.75) is 4.90 Å². The lowest BCUT2D eigenvalue weighted by molar-refractivity contribution is -0.118. The molecule has 0 unspecified atom stereocenters. The van der Waals surface area contributed by atoms with Crippen LogP contribution in [-0.2, 0) is 19.4 Å². The van der Waals surface area contributed by atoms with Gasteiger partial charge in [-0.05, 0) is 18.2 Å². The predicted molar refractivity (Wildman–Crippen MR) is 78.0 cm³/mol. The number of carbonyl (C=O) groups is 2. The van der Waals surface area contributed by atoms with Crippen molar-refractivity contribution in [3.05, 3.63) is 28.2 Å². The number of carboxylic acids is 1. The van der Waals surface area contributed by atoms with Crippen LogP contribution in [0.4, 0.5) is 0 Å². The van der Waals surface area contributed by atoms with Crippen LogP contribution in [-0.4, -0.2) is 51.4 Å². The molecule has 0 heterocycles. The summed E-state index contributed by atoms with van der Waals surface area (Å²) in [5.74, 6) is -2.92. The molecule has 0 aliphatic carbocycles. The lowest BCUT2D eigenvalue weighted by Crippen LogP contribution is -2.33. The van der Waals surface area contributed by atoms with Crippen LogP contribution in [0.3, 0.4) is 0 Å². The lowest BCUT2D eigenvalue weighted by Gasteiger charge is -2.09. The topological polar surface area (TPSA) is 110 Å². The van der Waals surface area contributed by atoms with E-state index in [4.69, 9.17) is 9.84 Å². The number of amides is 1. The monoisotopic (exact) mass is 379 g/mol. The van der Waals surface area contributed by atoms with Gasteiger partial charge in [0.15, 0.2) is 9.84 Å². The molecule has 0 bridgehead atoms. The normalized spacial score (nSPS) is 11.1. The summed E-state index contributed by atoms with van der Waals surface area (Å²) in [7, 11) is -2.61. The number of rotatable bonds is 7. The fourth-order valence-electron chi connectivity index (χ4n) is 1.52. The van der Waals surface area contributed by atoms with Crippen molar-refractivity contribution >= 4 is 37.6 Å². The number of carboxylic acid groups (broad SMARTS) is 1. The van der Waals surface area contributed by atoms with E-state index in [1.54, 1.807) is 0 Å². The molecule has 0 aromatic heterocycles. The third-order valence-corrected chi connectivity index (χ3v) is 4.60. The number of benzene rings is 1. The molecule has 1 aromatic carbocycles. The highest BCUT2D eigenvalue weighted by molar-refractivity contribution is 9.10. The molecule has 1 aromatic rings. The first-order chi connectivity index (χ1) is 9.77. The van der Waals surface area contributed by atoms with E-state index in [2.05, 4.69) is 21.2 Å². The van der Waals surface area contributed by atoms with Crippen LogP contribution in [0.5, 0.6) is 0 Å². The van der Waals surface area contributed by atoms with E-state index in [9.17, 15) is 18.0 Å². The number of hydrogen-bond donors (Lipinski definition) is 2. The Morgan fingerprint density at radius 3 is 2.62 bits per heavy atom. The van der Waals surface area contributed by atoms with E-state index >= 15 is 0 Å². The summed E-state index contributed by atoms with van der Waals surface area (Å²) in [6.45, 7) is 0.429. The Morgan fingerprint density at radius 2 is 2.05 bits per heavy atom. The van der Waals surface area contributed by atoms with E-state index in [1.165, 1.54) is 25.3 Å². The van der Waals surface area contributed by atoms with Crippen LogP contribution >= 0.6 is 15.9 Å². The van der Waals surface area contributed by atoms with Gasteiger partial charge in [-0.2, -0.15) is 0 Å². The van der Waals surface area contributed by atoms with Gasteiger partial charge in [0.1, 0.15) is 5.75 Å². The maximum Gasteiger partial charge on any atom is 0.337 e. The van der Waals surface area contributed by atoms with E-state index in [-0.39, 0.29) is 18.7 Å². The third-order valence-electron chi connectivity index (χ3n) is 2.46. The average Bonchev–Trinajstić information content (AvgIpc) is 2.38. The molecule has 0 atom stereocenters. The van der Waals surface area contributed by atoms with Crippen molar-refractivity contribution in [3.8, 4) is 0 Å². The molecule has 0 spiro atoms. The maximum atomic E-state index is 12.2. The Labute approximate surface area is 130 Å². The fraction of sp³-hybridized carbons (Fsp3) is 0.333. The maximum absolute atomic E-state index is 12.2. The van der Waals surface area contributed by atoms with Crippen LogP contribution in [0, 0.1) is 0 Å². The van der Waals surface area contributed by atoms with E-state index < -0.39 is 32.4 Å². The average molecular weight is 380 g/mol. The largest absolute Gasteiger partial charge is 0.478 e. The number of methoxy groups -OCH3 is 1. The standard InChI is InChI=1S/C12H14BrNO6S/c1-20-5-4-14-11(15)7-21(18,19)10-6-8(13)2-3-9(10)12(16)17/h2-3,6H,4-5,7H2,1H3,(H,14,15)(H,16,17). The molecule has 0 aliphatic heterocycles. The first kappa shape index (κ1) is 17.6. The quantitative estimate of drug-likeness (QED) is 0.674. The van der Waals surface area contributed by atoms with Gasteiger partial charge in [-0.15, -0.1) is 0 Å². The summed E-state index contributed by atoms with van der Waals surface area (Å²) in [4.78, 5) is 22.3. The minimum Gasteiger partial charge on any atom is -0.478 e. The number of hydrogen-bond acceptors (Lipinski definition) is 5. The Morgan fingerprint density at radius 1 is 1.38 bits per heavy atom. The molecule has 0 aliphatic rings. The first-order valence-electron chi connectivity index (χ1n) is 5.79. The summed E-state index contributed by atoms with van der Waals surface area (Å²) in [6, 6.07) is 3.75. The molecule has 0 radical (unpaired) electrons. The smallest absolute Gasteiger partial charge is 0.337 e. The number of aromatic carboxylic acids is 1. The van der Waals surface area contributed by atoms with Crippen molar-refractivity contribution in [2.75, 3.05) is 26.0 Å². The van der Waals surface area contributed by atoms with Gasteiger partial charge in [-0.1, -0.05) is 15.9 Å². The van der Waals surface area contributed by atoms with Gasteiger partial charge in [0, 0.05) is 18.1 Å². The number of nitrogens with one attached hydrogen (secondary N) is 1. The van der Waals surface area contributed by atoms with Gasteiger partial charge in [-0.3, -0.25) is 4.79 Å². The van der Waals surface area contributed by atoms with Crippen LogP contribution in [0.15, 0.2) is 27.6 Å². The van der Waals surface area contributed by atoms with Gasteiger partial charge in [0.2, 0.25) is 5.91 Å². The first-order valence-corrected chi connectivity index (χ1v) is 8.23. The number of halogens is 1. The van der Waals surface area contributed by atoms with Gasteiger partial charge in [0.25, 0.3) is 0 Å². The second kappa shape index (κ2) is 7.53. The Hall–Kier alpha value is -1.45. The molecule has 9 heteroatoms. The van der Waals surface area contributed by atoms with Crippen molar-refractivity contribution < 1.29 is 27.9 Å². The zero-order chi connectivity index (χ0) is 16.0. The van der Waals surface area contributed by atoms with Crippen LogP contribution in [0.1, 0.15) is 10.4 Å². The molecule has 0 saturated carbocycles. The molecule has 116 valence electrons. The van der Waals surface area contributed by atoms with Crippen LogP contribution in [0.2, 0.25) is 0 Å². The number of carbonyl (C=O) groups excluding carboxylic acids is 1. The zero-order valence-electron chi connectivity index (χ0n) is 11.1. The van der Waals surface area contributed by atoms with Gasteiger partial charge >= 0.3 is 5.97 Å². The molecular weight excluding hydrogens is 366 g/mol.